The van der Waals surface area contributed by atoms with E-state index < -0.39 is 0 Å². The Balaban J connectivity index is 1.94. The van der Waals surface area contributed by atoms with Crippen LogP contribution < -0.4 is 5.32 Å². The first-order valence-electron chi connectivity index (χ1n) is 8.21. The Morgan fingerprint density at radius 2 is 1.62 bits per heavy atom. The summed E-state index contributed by atoms with van der Waals surface area (Å²) in [5.41, 5.74) is 4.62. The van der Waals surface area contributed by atoms with Gasteiger partial charge in [-0.1, -0.05) is 62.4 Å². The van der Waals surface area contributed by atoms with Crippen LogP contribution in [0, 0.1) is 0 Å². The van der Waals surface area contributed by atoms with Crippen molar-refractivity contribution in [3.8, 4) is 5.69 Å². The summed E-state index contributed by atoms with van der Waals surface area (Å²) in [4.78, 5) is 12.7. The number of aromatic nitrogens is 2. The van der Waals surface area contributed by atoms with Crippen LogP contribution in [-0.4, -0.2) is 15.7 Å². The highest BCUT2D eigenvalue weighted by Gasteiger charge is 2.38. The highest BCUT2D eigenvalue weighted by Crippen LogP contribution is 2.37. The Labute approximate surface area is 141 Å². The van der Waals surface area contributed by atoms with Gasteiger partial charge in [-0.05, 0) is 23.6 Å². The summed E-state index contributed by atoms with van der Waals surface area (Å²) < 4.78 is 1.78. The van der Waals surface area contributed by atoms with Gasteiger partial charge in [0.15, 0.2) is 0 Å². The van der Waals surface area contributed by atoms with Crippen LogP contribution in [0.2, 0.25) is 0 Å². The van der Waals surface area contributed by atoms with Crippen molar-refractivity contribution in [2.45, 2.75) is 25.8 Å². The number of fused-ring (bicyclic) bond motifs is 1. The van der Waals surface area contributed by atoms with E-state index >= 15 is 0 Å². The first kappa shape index (κ1) is 14.7. The monoisotopic (exact) mass is 317 g/mol. The van der Waals surface area contributed by atoms with Crippen molar-refractivity contribution in [1.29, 1.82) is 0 Å². The van der Waals surface area contributed by atoms with Gasteiger partial charge < -0.3 is 5.32 Å². The molecule has 1 aromatic heterocycles. The molecule has 1 aliphatic rings. The highest BCUT2D eigenvalue weighted by atomic mass is 16.2. The van der Waals surface area contributed by atoms with Crippen LogP contribution >= 0.6 is 0 Å². The molecule has 2 heterocycles. The van der Waals surface area contributed by atoms with Gasteiger partial charge in [0.1, 0.15) is 5.69 Å². The molecule has 0 saturated heterocycles. The quantitative estimate of drug-likeness (QED) is 0.798. The first-order chi connectivity index (χ1) is 11.7. The topological polar surface area (TPSA) is 46.9 Å². The molecule has 0 spiro atoms. The van der Waals surface area contributed by atoms with E-state index in [2.05, 4.69) is 19.2 Å². The number of rotatable bonds is 3. The molecular formula is C20H19N3O. The lowest BCUT2D eigenvalue weighted by Crippen LogP contribution is -2.23. The number of benzene rings is 2. The maximum Gasteiger partial charge on any atom is 0.271 e. The lowest BCUT2D eigenvalue weighted by atomic mass is 9.95. The molecule has 1 amide bonds. The molecule has 4 heteroatoms. The zero-order valence-corrected chi connectivity index (χ0v) is 13.7. The molecular weight excluding hydrogens is 298 g/mol. The predicted octanol–water partition coefficient (Wildman–Crippen LogP) is 3.83. The standard InChI is InChI=1S/C20H19N3O/c1-13(2)17-16-18(14-9-5-3-6-10-14)21-20(24)19(16)23(22-17)15-11-7-4-8-12-15/h3-13,18H,1-2H3,(H,21,24). The molecule has 1 N–H and O–H groups in total. The summed E-state index contributed by atoms with van der Waals surface area (Å²) in [6.45, 7) is 4.23. The fraction of sp³-hybridized carbons (Fsp3) is 0.200. The van der Waals surface area contributed by atoms with Crippen LogP contribution in [0.5, 0.6) is 0 Å². The third-order valence-corrected chi connectivity index (χ3v) is 4.41. The molecule has 1 aliphatic heterocycles. The number of para-hydroxylation sites is 1. The van der Waals surface area contributed by atoms with E-state index in [1.807, 2.05) is 60.7 Å². The Morgan fingerprint density at radius 3 is 2.25 bits per heavy atom. The van der Waals surface area contributed by atoms with E-state index in [0.29, 0.717) is 5.69 Å². The number of hydrogen-bond donors (Lipinski definition) is 1. The first-order valence-corrected chi connectivity index (χ1v) is 8.21. The van der Waals surface area contributed by atoms with Gasteiger partial charge in [-0.2, -0.15) is 5.10 Å². The molecule has 0 fully saturated rings. The Morgan fingerprint density at radius 1 is 1.00 bits per heavy atom. The number of nitrogens with zero attached hydrogens (tertiary/aromatic N) is 2. The third kappa shape index (κ3) is 2.22. The van der Waals surface area contributed by atoms with Crippen molar-refractivity contribution in [1.82, 2.24) is 15.1 Å². The van der Waals surface area contributed by atoms with Gasteiger partial charge in [-0.3, -0.25) is 4.79 Å². The van der Waals surface area contributed by atoms with Gasteiger partial charge in [0.05, 0.1) is 17.4 Å². The maximum atomic E-state index is 12.7. The molecule has 1 unspecified atom stereocenters. The van der Waals surface area contributed by atoms with Crippen LogP contribution in [0.25, 0.3) is 5.69 Å². The SMILES string of the molecule is CC(C)c1nn(-c2ccccc2)c2c1C(c1ccccc1)NC2=O. The average Bonchev–Trinajstić information content (AvgIpc) is 3.16. The zero-order valence-electron chi connectivity index (χ0n) is 13.7. The van der Waals surface area contributed by atoms with E-state index in [0.717, 1.165) is 22.5 Å². The van der Waals surface area contributed by atoms with E-state index in [-0.39, 0.29) is 17.9 Å². The van der Waals surface area contributed by atoms with Crippen molar-refractivity contribution in [2.75, 3.05) is 0 Å². The third-order valence-electron chi connectivity index (χ3n) is 4.41. The number of carbonyl (C=O) groups excluding carboxylic acids is 1. The molecule has 4 nitrogen and oxygen atoms in total. The molecule has 24 heavy (non-hydrogen) atoms. The molecule has 2 aromatic carbocycles. The van der Waals surface area contributed by atoms with Gasteiger partial charge in [-0.15, -0.1) is 0 Å². The predicted molar refractivity (Wildman–Crippen MR) is 93.4 cm³/mol. The fourth-order valence-corrected chi connectivity index (χ4v) is 3.30. The van der Waals surface area contributed by atoms with Crippen molar-refractivity contribution in [2.24, 2.45) is 0 Å². The molecule has 4 rings (SSSR count). The second-order valence-electron chi connectivity index (χ2n) is 6.37. The number of carbonyl (C=O) groups is 1. The smallest absolute Gasteiger partial charge is 0.271 e. The normalized spacial score (nSPS) is 16.3. The van der Waals surface area contributed by atoms with E-state index in [4.69, 9.17) is 5.10 Å². The average molecular weight is 317 g/mol. The van der Waals surface area contributed by atoms with Crippen molar-refractivity contribution in [3.05, 3.63) is 83.2 Å². The van der Waals surface area contributed by atoms with Crippen LogP contribution in [0.1, 0.15) is 53.1 Å². The Hall–Kier alpha value is -2.88. The van der Waals surface area contributed by atoms with Crippen molar-refractivity contribution < 1.29 is 4.79 Å². The lowest BCUT2D eigenvalue weighted by molar-refractivity contribution is 0.0953. The zero-order chi connectivity index (χ0) is 16.7. The second kappa shape index (κ2) is 5.64. The maximum absolute atomic E-state index is 12.7. The number of amides is 1. The largest absolute Gasteiger partial charge is 0.340 e. The van der Waals surface area contributed by atoms with E-state index in [1.54, 1.807) is 4.68 Å². The molecule has 0 saturated carbocycles. The Bertz CT molecular complexity index is 882. The summed E-state index contributed by atoms with van der Waals surface area (Å²) in [6, 6.07) is 19.8. The molecule has 0 bridgehead atoms. The molecule has 0 radical (unpaired) electrons. The summed E-state index contributed by atoms with van der Waals surface area (Å²) >= 11 is 0. The van der Waals surface area contributed by atoms with E-state index in [1.165, 1.54) is 0 Å². The molecule has 120 valence electrons. The fourth-order valence-electron chi connectivity index (χ4n) is 3.30. The molecule has 0 aliphatic carbocycles. The van der Waals surface area contributed by atoms with Crippen LogP contribution in [-0.2, 0) is 0 Å². The summed E-state index contributed by atoms with van der Waals surface area (Å²) in [5, 5.41) is 7.90. The summed E-state index contributed by atoms with van der Waals surface area (Å²) in [6.07, 6.45) is 0. The second-order valence-corrected chi connectivity index (χ2v) is 6.37. The molecule has 3 aromatic rings. The minimum atomic E-state index is -0.136. The van der Waals surface area contributed by atoms with E-state index in [9.17, 15) is 4.79 Å². The van der Waals surface area contributed by atoms with Gasteiger partial charge >= 0.3 is 0 Å². The summed E-state index contributed by atoms with van der Waals surface area (Å²) in [7, 11) is 0. The highest BCUT2D eigenvalue weighted by molar-refractivity contribution is 5.99. The van der Waals surface area contributed by atoms with Gasteiger partial charge in [-0.25, -0.2) is 4.68 Å². The van der Waals surface area contributed by atoms with Gasteiger partial charge in [0.25, 0.3) is 5.91 Å². The number of nitrogens with one attached hydrogen (secondary N) is 1. The van der Waals surface area contributed by atoms with Crippen LogP contribution in [0.15, 0.2) is 60.7 Å². The van der Waals surface area contributed by atoms with Gasteiger partial charge in [0, 0.05) is 5.56 Å². The van der Waals surface area contributed by atoms with Crippen LogP contribution in [0.3, 0.4) is 0 Å². The minimum absolute atomic E-state index is 0.0675. The molecule has 1 atom stereocenters. The number of hydrogen-bond acceptors (Lipinski definition) is 2. The Kier molecular flexibility index (Phi) is 3.45. The van der Waals surface area contributed by atoms with Crippen molar-refractivity contribution >= 4 is 5.91 Å². The van der Waals surface area contributed by atoms with Crippen LogP contribution in [0.4, 0.5) is 0 Å². The minimum Gasteiger partial charge on any atom is -0.340 e. The van der Waals surface area contributed by atoms with Gasteiger partial charge in [0.2, 0.25) is 0 Å². The van der Waals surface area contributed by atoms with Crippen molar-refractivity contribution in [3.63, 3.8) is 0 Å². The summed E-state index contributed by atoms with van der Waals surface area (Å²) in [5.74, 6) is 0.171. The lowest BCUT2D eigenvalue weighted by Gasteiger charge is -2.14.